The highest BCUT2D eigenvalue weighted by molar-refractivity contribution is 7.89. The highest BCUT2D eigenvalue weighted by Gasteiger charge is 2.24. The fourth-order valence-electron chi connectivity index (χ4n) is 2.34. The summed E-state index contributed by atoms with van der Waals surface area (Å²) in [5.41, 5.74) is -0.0825. The zero-order chi connectivity index (χ0) is 20.0. The molecule has 1 N–H and O–H groups in total. The van der Waals surface area contributed by atoms with Crippen LogP contribution in [0.2, 0.25) is 0 Å². The SMILES string of the molecule is CNc1ccc(S(=O)(=O)N(C)CCCOc2ccc(F)cc2)cc1[N+](=O)[O-]. The van der Waals surface area contributed by atoms with Crippen LogP contribution in [0.4, 0.5) is 15.8 Å². The Labute approximate surface area is 156 Å². The lowest BCUT2D eigenvalue weighted by Crippen LogP contribution is -2.29. The van der Waals surface area contributed by atoms with Gasteiger partial charge >= 0.3 is 0 Å². The van der Waals surface area contributed by atoms with Crippen LogP contribution in [0.15, 0.2) is 47.4 Å². The summed E-state index contributed by atoms with van der Waals surface area (Å²) in [7, 11) is -0.963. The average molecular weight is 397 g/mol. The first-order chi connectivity index (χ1) is 12.8. The number of benzene rings is 2. The van der Waals surface area contributed by atoms with E-state index in [1.54, 1.807) is 0 Å². The van der Waals surface area contributed by atoms with Gasteiger partial charge in [-0.25, -0.2) is 17.1 Å². The molecule has 0 atom stereocenters. The van der Waals surface area contributed by atoms with Crippen LogP contribution in [0.1, 0.15) is 6.42 Å². The Morgan fingerprint density at radius 2 is 1.89 bits per heavy atom. The molecule has 2 aromatic rings. The van der Waals surface area contributed by atoms with Crippen LogP contribution in [0.5, 0.6) is 5.75 Å². The standard InChI is InChI=1S/C17H20FN3O5S/c1-19-16-9-8-15(12-17(16)21(22)23)27(24,25)20(2)10-3-11-26-14-6-4-13(18)5-7-14/h4-9,12,19H,3,10-11H2,1-2H3. The molecule has 0 spiro atoms. The van der Waals surface area contributed by atoms with Crippen molar-refractivity contribution in [2.45, 2.75) is 11.3 Å². The van der Waals surface area contributed by atoms with Gasteiger partial charge in [-0.1, -0.05) is 0 Å². The molecule has 0 radical (unpaired) electrons. The molecule has 8 nitrogen and oxygen atoms in total. The Bertz CT molecular complexity index is 903. The summed E-state index contributed by atoms with van der Waals surface area (Å²) < 4.78 is 44.6. The molecular formula is C17H20FN3O5S. The normalized spacial score (nSPS) is 11.4. The first kappa shape index (κ1) is 20.6. The van der Waals surface area contributed by atoms with Crippen LogP contribution >= 0.6 is 0 Å². The number of nitrogens with zero attached hydrogens (tertiary/aromatic N) is 2. The number of anilines is 1. The average Bonchev–Trinajstić information content (AvgIpc) is 2.65. The summed E-state index contributed by atoms with van der Waals surface area (Å²) >= 11 is 0. The largest absolute Gasteiger partial charge is 0.494 e. The Balaban J connectivity index is 2.00. The lowest BCUT2D eigenvalue weighted by Gasteiger charge is -2.17. The van der Waals surface area contributed by atoms with E-state index in [-0.39, 0.29) is 35.2 Å². The number of nitro benzene ring substituents is 1. The van der Waals surface area contributed by atoms with Crippen LogP contribution < -0.4 is 10.1 Å². The van der Waals surface area contributed by atoms with Gasteiger partial charge in [0.2, 0.25) is 10.0 Å². The fourth-order valence-corrected chi connectivity index (χ4v) is 3.57. The van der Waals surface area contributed by atoms with Crippen molar-refractivity contribution in [2.75, 3.05) is 32.6 Å². The molecule has 0 heterocycles. The van der Waals surface area contributed by atoms with Crippen molar-refractivity contribution in [3.05, 3.63) is 58.4 Å². The van der Waals surface area contributed by atoms with E-state index < -0.39 is 14.9 Å². The molecule has 0 aromatic heterocycles. The van der Waals surface area contributed by atoms with Gasteiger partial charge in [-0.15, -0.1) is 0 Å². The maximum absolute atomic E-state index is 12.8. The van der Waals surface area contributed by atoms with Crippen molar-refractivity contribution < 1.29 is 22.5 Å². The van der Waals surface area contributed by atoms with E-state index in [2.05, 4.69) is 5.32 Å². The van der Waals surface area contributed by atoms with Crippen molar-refractivity contribution in [3.8, 4) is 5.75 Å². The lowest BCUT2D eigenvalue weighted by atomic mass is 10.3. The molecule has 0 amide bonds. The summed E-state index contributed by atoms with van der Waals surface area (Å²) in [6.07, 6.45) is 0.393. The zero-order valence-electron chi connectivity index (χ0n) is 14.9. The molecule has 10 heteroatoms. The smallest absolute Gasteiger partial charge is 0.293 e. The zero-order valence-corrected chi connectivity index (χ0v) is 15.7. The molecular weight excluding hydrogens is 377 g/mol. The summed E-state index contributed by atoms with van der Waals surface area (Å²) in [4.78, 5) is 10.3. The van der Waals surface area contributed by atoms with Crippen LogP contribution in [-0.2, 0) is 10.0 Å². The highest BCUT2D eigenvalue weighted by atomic mass is 32.2. The Morgan fingerprint density at radius 1 is 1.22 bits per heavy atom. The van der Waals surface area contributed by atoms with Gasteiger partial charge in [0.05, 0.1) is 16.4 Å². The first-order valence-electron chi connectivity index (χ1n) is 8.06. The van der Waals surface area contributed by atoms with E-state index >= 15 is 0 Å². The van der Waals surface area contributed by atoms with E-state index in [4.69, 9.17) is 4.74 Å². The van der Waals surface area contributed by atoms with Gasteiger partial charge in [-0.2, -0.15) is 0 Å². The van der Waals surface area contributed by atoms with E-state index in [1.165, 1.54) is 50.5 Å². The molecule has 27 heavy (non-hydrogen) atoms. The summed E-state index contributed by atoms with van der Waals surface area (Å²) in [6.45, 7) is 0.398. The van der Waals surface area contributed by atoms with E-state index in [0.29, 0.717) is 12.2 Å². The number of halogens is 1. The number of ether oxygens (including phenoxy) is 1. The van der Waals surface area contributed by atoms with E-state index in [1.807, 2.05) is 0 Å². The van der Waals surface area contributed by atoms with Crippen molar-refractivity contribution >= 4 is 21.4 Å². The van der Waals surface area contributed by atoms with Gasteiger partial charge in [0, 0.05) is 26.7 Å². The molecule has 0 aliphatic rings. The third-order valence-electron chi connectivity index (χ3n) is 3.84. The predicted molar refractivity (Wildman–Crippen MR) is 99.0 cm³/mol. The molecule has 0 bridgehead atoms. The molecule has 0 unspecified atom stereocenters. The molecule has 2 aromatic carbocycles. The highest BCUT2D eigenvalue weighted by Crippen LogP contribution is 2.28. The summed E-state index contributed by atoms with van der Waals surface area (Å²) in [5, 5.41) is 13.8. The van der Waals surface area contributed by atoms with Crippen molar-refractivity contribution in [2.24, 2.45) is 0 Å². The van der Waals surface area contributed by atoms with Gasteiger partial charge in [0.25, 0.3) is 5.69 Å². The van der Waals surface area contributed by atoms with Gasteiger partial charge < -0.3 is 10.1 Å². The number of nitrogens with one attached hydrogen (secondary N) is 1. The van der Waals surface area contributed by atoms with E-state index in [0.717, 1.165) is 10.4 Å². The molecule has 0 aliphatic heterocycles. The second-order valence-corrected chi connectivity index (χ2v) is 7.71. The van der Waals surface area contributed by atoms with Crippen LogP contribution in [0, 0.1) is 15.9 Å². The second kappa shape index (κ2) is 8.78. The minimum atomic E-state index is -3.87. The number of hydrogen-bond acceptors (Lipinski definition) is 6. The van der Waals surface area contributed by atoms with Crippen LogP contribution in [0.25, 0.3) is 0 Å². The summed E-state index contributed by atoms with van der Waals surface area (Å²) in [6, 6.07) is 9.22. The van der Waals surface area contributed by atoms with Gasteiger partial charge in [-0.3, -0.25) is 10.1 Å². The Hall–Kier alpha value is -2.72. The number of sulfonamides is 1. The number of nitro groups is 1. The minimum absolute atomic E-state index is 0.157. The molecule has 0 saturated carbocycles. The number of rotatable bonds is 9. The lowest BCUT2D eigenvalue weighted by molar-refractivity contribution is -0.384. The second-order valence-electron chi connectivity index (χ2n) is 5.67. The molecule has 0 fully saturated rings. The first-order valence-corrected chi connectivity index (χ1v) is 9.50. The topological polar surface area (TPSA) is 102 Å². The quantitative estimate of drug-likeness (QED) is 0.397. The van der Waals surface area contributed by atoms with Crippen LogP contribution in [0.3, 0.4) is 0 Å². The van der Waals surface area contributed by atoms with Gasteiger partial charge in [0.15, 0.2) is 0 Å². The number of hydrogen-bond donors (Lipinski definition) is 1. The van der Waals surface area contributed by atoms with Gasteiger partial charge in [-0.05, 0) is 42.8 Å². The van der Waals surface area contributed by atoms with Crippen molar-refractivity contribution in [3.63, 3.8) is 0 Å². The molecule has 2 rings (SSSR count). The maximum Gasteiger partial charge on any atom is 0.293 e. The third kappa shape index (κ3) is 5.14. The Morgan fingerprint density at radius 3 is 2.48 bits per heavy atom. The molecule has 0 aliphatic carbocycles. The van der Waals surface area contributed by atoms with Crippen molar-refractivity contribution in [1.82, 2.24) is 4.31 Å². The Kier molecular flexibility index (Phi) is 6.70. The monoisotopic (exact) mass is 397 g/mol. The van der Waals surface area contributed by atoms with E-state index in [9.17, 15) is 22.9 Å². The summed E-state index contributed by atoms with van der Waals surface area (Å²) in [5.74, 6) is 0.117. The predicted octanol–water partition coefficient (Wildman–Crippen LogP) is 2.87. The fraction of sp³-hybridized carbons (Fsp3) is 0.294. The molecule has 146 valence electrons. The van der Waals surface area contributed by atoms with Gasteiger partial charge in [0.1, 0.15) is 17.3 Å². The maximum atomic E-state index is 12.8. The third-order valence-corrected chi connectivity index (χ3v) is 5.70. The van der Waals surface area contributed by atoms with Crippen molar-refractivity contribution in [1.29, 1.82) is 0 Å². The van der Waals surface area contributed by atoms with Crippen LogP contribution in [-0.4, -0.2) is 44.9 Å². The molecule has 0 saturated heterocycles. The minimum Gasteiger partial charge on any atom is -0.494 e.